The van der Waals surface area contributed by atoms with Gasteiger partial charge in [0.05, 0.1) is 11.3 Å². The first-order valence-corrected chi connectivity index (χ1v) is 14.5. The average molecular weight is 595 g/mol. The molecule has 0 unspecified atom stereocenters. The second-order valence-electron chi connectivity index (χ2n) is 10.3. The highest BCUT2D eigenvalue weighted by atomic mass is 32.1. The first-order valence-electron chi connectivity index (χ1n) is 13.6. The van der Waals surface area contributed by atoms with Crippen LogP contribution >= 0.6 is 11.3 Å². The zero-order chi connectivity index (χ0) is 29.1. The molecule has 7 nitrogen and oxygen atoms in total. The van der Waals surface area contributed by atoms with Gasteiger partial charge in [0.15, 0.2) is 5.58 Å². The van der Waals surface area contributed by atoms with Gasteiger partial charge in [-0.15, -0.1) is 11.3 Å². The second-order valence-corrected chi connectivity index (χ2v) is 11.1. The summed E-state index contributed by atoms with van der Waals surface area (Å²) in [7, 11) is 0. The van der Waals surface area contributed by atoms with Crippen molar-refractivity contribution in [2.75, 3.05) is 39.3 Å². The minimum atomic E-state index is -4.35. The van der Waals surface area contributed by atoms with E-state index in [4.69, 9.17) is 9.15 Å². The summed E-state index contributed by atoms with van der Waals surface area (Å²) in [6.07, 6.45) is -4.99. The van der Waals surface area contributed by atoms with E-state index in [0.717, 1.165) is 49.6 Å². The van der Waals surface area contributed by atoms with Crippen LogP contribution in [0, 0.1) is 0 Å². The SMILES string of the molecule is O[C@H](COc1ccc2oc(-c3ccccc3)nc2c1)CN1CCN(Cc2csc(-c3ccc(C(F)(F)F)cc3)n2)CC1. The lowest BCUT2D eigenvalue weighted by Gasteiger charge is -2.35. The number of ether oxygens (including phenoxy) is 1. The van der Waals surface area contributed by atoms with Gasteiger partial charge in [0, 0.05) is 61.8 Å². The lowest BCUT2D eigenvalue weighted by Crippen LogP contribution is -2.48. The molecular weight excluding hydrogens is 565 g/mol. The van der Waals surface area contributed by atoms with Crippen molar-refractivity contribution >= 4 is 22.4 Å². The van der Waals surface area contributed by atoms with Crippen molar-refractivity contribution in [3.63, 3.8) is 0 Å². The van der Waals surface area contributed by atoms with Crippen LogP contribution in [-0.2, 0) is 12.7 Å². The van der Waals surface area contributed by atoms with Crippen LogP contribution in [0.3, 0.4) is 0 Å². The maximum Gasteiger partial charge on any atom is 0.416 e. The third-order valence-electron chi connectivity index (χ3n) is 7.15. The van der Waals surface area contributed by atoms with Gasteiger partial charge in [0.2, 0.25) is 5.89 Å². The third-order valence-corrected chi connectivity index (χ3v) is 8.09. The van der Waals surface area contributed by atoms with E-state index in [0.29, 0.717) is 46.4 Å². The van der Waals surface area contributed by atoms with Crippen molar-refractivity contribution in [1.29, 1.82) is 0 Å². The molecule has 1 atom stereocenters. The molecule has 218 valence electrons. The topological polar surface area (TPSA) is 74.9 Å². The van der Waals surface area contributed by atoms with Crippen molar-refractivity contribution in [3.8, 4) is 27.8 Å². The molecule has 1 N–H and O–H groups in total. The molecule has 5 aromatic rings. The molecule has 1 aliphatic rings. The van der Waals surface area contributed by atoms with Gasteiger partial charge in [-0.2, -0.15) is 13.2 Å². The molecule has 2 aromatic heterocycles. The molecule has 42 heavy (non-hydrogen) atoms. The van der Waals surface area contributed by atoms with E-state index in [-0.39, 0.29) is 6.61 Å². The Kier molecular flexibility index (Phi) is 8.25. The fraction of sp³-hybridized carbons (Fsp3) is 0.290. The fourth-order valence-electron chi connectivity index (χ4n) is 4.92. The van der Waals surface area contributed by atoms with Crippen molar-refractivity contribution < 1.29 is 27.4 Å². The van der Waals surface area contributed by atoms with Gasteiger partial charge in [-0.05, 0) is 36.4 Å². The summed E-state index contributed by atoms with van der Waals surface area (Å²) in [4.78, 5) is 13.7. The van der Waals surface area contributed by atoms with Crippen LogP contribution in [0.2, 0.25) is 0 Å². The van der Waals surface area contributed by atoms with Crippen LogP contribution in [-0.4, -0.2) is 70.3 Å². The van der Waals surface area contributed by atoms with Crippen molar-refractivity contribution in [2.24, 2.45) is 0 Å². The molecular formula is C31H29F3N4O3S. The number of piperazine rings is 1. The van der Waals surface area contributed by atoms with E-state index >= 15 is 0 Å². The van der Waals surface area contributed by atoms with Crippen molar-refractivity contribution in [2.45, 2.75) is 18.8 Å². The molecule has 0 saturated carbocycles. The predicted molar refractivity (Wildman–Crippen MR) is 155 cm³/mol. The number of fused-ring (bicyclic) bond motifs is 1. The number of benzene rings is 3. The van der Waals surface area contributed by atoms with Gasteiger partial charge in [0.1, 0.15) is 29.0 Å². The van der Waals surface area contributed by atoms with Gasteiger partial charge in [0.25, 0.3) is 0 Å². The minimum Gasteiger partial charge on any atom is -0.491 e. The first-order chi connectivity index (χ1) is 20.3. The summed E-state index contributed by atoms with van der Waals surface area (Å²) in [5, 5.41) is 13.3. The van der Waals surface area contributed by atoms with Gasteiger partial charge < -0.3 is 14.3 Å². The summed E-state index contributed by atoms with van der Waals surface area (Å²) in [5.74, 6) is 1.18. The Morgan fingerprint density at radius 1 is 0.905 bits per heavy atom. The molecule has 0 bridgehead atoms. The molecule has 0 amide bonds. The van der Waals surface area contributed by atoms with Gasteiger partial charge >= 0.3 is 6.18 Å². The summed E-state index contributed by atoms with van der Waals surface area (Å²) in [6.45, 7) is 4.61. The van der Waals surface area contributed by atoms with Gasteiger partial charge in [-0.25, -0.2) is 9.97 Å². The summed E-state index contributed by atoms with van der Waals surface area (Å²) >= 11 is 1.43. The van der Waals surface area contributed by atoms with E-state index < -0.39 is 17.8 Å². The molecule has 1 fully saturated rings. The van der Waals surface area contributed by atoms with Crippen LogP contribution in [0.1, 0.15) is 11.3 Å². The van der Waals surface area contributed by atoms with E-state index in [1.165, 1.54) is 23.5 Å². The molecule has 1 saturated heterocycles. The maximum atomic E-state index is 12.8. The lowest BCUT2D eigenvalue weighted by molar-refractivity contribution is -0.137. The largest absolute Gasteiger partial charge is 0.491 e. The molecule has 11 heteroatoms. The van der Waals surface area contributed by atoms with Crippen molar-refractivity contribution in [3.05, 3.63) is 89.4 Å². The summed E-state index contributed by atoms with van der Waals surface area (Å²) < 4.78 is 50.2. The van der Waals surface area contributed by atoms with Crippen LogP contribution in [0.15, 0.2) is 82.6 Å². The monoisotopic (exact) mass is 594 g/mol. The molecule has 1 aliphatic heterocycles. The Bertz CT molecular complexity index is 1610. The highest BCUT2D eigenvalue weighted by molar-refractivity contribution is 7.13. The normalized spacial score (nSPS) is 15.7. The van der Waals surface area contributed by atoms with Crippen LogP contribution < -0.4 is 4.74 Å². The molecule has 0 spiro atoms. The van der Waals surface area contributed by atoms with Crippen LogP contribution in [0.4, 0.5) is 13.2 Å². The zero-order valence-electron chi connectivity index (χ0n) is 22.6. The fourth-order valence-corrected chi connectivity index (χ4v) is 5.73. The Morgan fingerprint density at radius 3 is 2.38 bits per heavy atom. The number of aliphatic hydroxyl groups excluding tert-OH is 1. The number of rotatable bonds is 9. The smallest absolute Gasteiger partial charge is 0.416 e. The summed E-state index contributed by atoms with van der Waals surface area (Å²) in [6, 6.07) is 20.3. The van der Waals surface area contributed by atoms with Crippen LogP contribution in [0.5, 0.6) is 5.75 Å². The summed E-state index contributed by atoms with van der Waals surface area (Å²) in [5.41, 5.74) is 3.19. The minimum absolute atomic E-state index is 0.167. The number of hydrogen-bond donors (Lipinski definition) is 1. The lowest BCUT2D eigenvalue weighted by atomic mass is 10.1. The molecule has 0 aliphatic carbocycles. The van der Waals surface area contributed by atoms with E-state index in [9.17, 15) is 18.3 Å². The first kappa shape index (κ1) is 28.4. The Labute approximate surface area is 244 Å². The number of thiazole rings is 1. The standard InChI is InChI=1S/C31H29F3N4O3S/c32-31(33,34)23-8-6-22(7-9-23)30-35-24(20-42-30)17-37-12-14-38(15-13-37)18-25(39)19-40-26-10-11-28-27(16-26)36-29(41-28)21-4-2-1-3-5-21/h1-11,16,20,25,39H,12-15,17-19H2/t25-/m0/s1. The number of hydrogen-bond acceptors (Lipinski definition) is 8. The number of alkyl halides is 3. The number of aliphatic hydroxyl groups is 1. The van der Waals surface area contributed by atoms with E-state index in [1.807, 2.05) is 53.9 Å². The quantitative estimate of drug-likeness (QED) is 0.218. The van der Waals surface area contributed by atoms with Gasteiger partial charge in [-0.3, -0.25) is 9.80 Å². The molecule has 3 aromatic carbocycles. The predicted octanol–water partition coefficient (Wildman–Crippen LogP) is 6.19. The molecule has 0 radical (unpaired) electrons. The molecule has 6 rings (SSSR count). The third kappa shape index (κ3) is 6.81. The Balaban J connectivity index is 0.950. The molecule has 3 heterocycles. The van der Waals surface area contributed by atoms with Crippen LogP contribution in [0.25, 0.3) is 33.1 Å². The Hall–Kier alpha value is -3.77. The number of β-amino-alcohol motifs (C(OH)–C–C–N with tert-alkyl or cyclic N) is 1. The average Bonchev–Trinajstić information content (AvgIpc) is 3.64. The van der Waals surface area contributed by atoms with E-state index in [2.05, 4.69) is 19.8 Å². The Morgan fingerprint density at radius 2 is 1.64 bits per heavy atom. The van der Waals surface area contributed by atoms with Gasteiger partial charge in [-0.1, -0.05) is 30.3 Å². The van der Waals surface area contributed by atoms with Crippen molar-refractivity contribution in [1.82, 2.24) is 19.8 Å². The maximum absolute atomic E-state index is 12.8. The number of aromatic nitrogens is 2. The van der Waals surface area contributed by atoms with E-state index in [1.54, 1.807) is 0 Å². The number of oxazole rings is 1. The zero-order valence-corrected chi connectivity index (χ0v) is 23.4. The highest BCUT2D eigenvalue weighted by Gasteiger charge is 2.30. The number of nitrogens with zero attached hydrogens (tertiary/aromatic N) is 4. The highest BCUT2D eigenvalue weighted by Crippen LogP contribution is 2.32. The number of halogens is 3. The second kappa shape index (κ2) is 12.2.